The molecule has 3 aromatic heterocycles. The van der Waals surface area contributed by atoms with Gasteiger partial charge in [-0.15, -0.1) is 0 Å². The summed E-state index contributed by atoms with van der Waals surface area (Å²) in [6, 6.07) is 11.9. The molecule has 1 aliphatic heterocycles. The minimum absolute atomic E-state index is 0.101. The molecule has 1 fully saturated rings. The number of hydrogen-bond acceptors (Lipinski definition) is 3. The Hall–Kier alpha value is -3.81. The number of H-pyrrole nitrogens is 2. The number of aryl methyl sites for hydroxylation is 1. The zero-order valence-electron chi connectivity index (χ0n) is 17.2. The molecule has 8 heteroatoms. The normalized spacial score (nSPS) is 17.7. The number of imidazole rings is 1. The van der Waals surface area contributed by atoms with Crippen LogP contribution in [0.15, 0.2) is 72.5 Å². The van der Waals surface area contributed by atoms with Crippen LogP contribution in [0.2, 0.25) is 0 Å². The highest BCUT2D eigenvalue weighted by atomic mass is 16.2. The van der Waals surface area contributed by atoms with E-state index in [2.05, 4.69) is 32.4 Å². The van der Waals surface area contributed by atoms with Crippen molar-refractivity contribution in [3.8, 4) is 0 Å². The van der Waals surface area contributed by atoms with E-state index in [1.54, 1.807) is 12.5 Å². The van der Waals surface area contributed by atoms with Crippen molar-refractivity contribution in [1.82, 2.24) is 29.7 Å². The first kappa shape index (κ1) is 19.2. The number of nitrogens with zero attached hydrogens (tertiary/aromatic N) is 4. The smallest absolute Gasteiger partial charge is 0.323 e. The molecule has 1 atom stereocenters. The van der Waals surface area contributed by atoms with E-state index in [4.69, 9.17) is 4.99 Å². The van der Waals surface area contributed by atoms with Gasteiger partial charge in [0.1, 0.15) is 11.9 Å². The van der Waals surface area contributed by atoms with Crippen molar-refractivity contribution >= 4 is 22.8 Å². The number of rotatable bonds is 8. The number of fused-ring (bicyclic) bond motifs is 1. The number of aromatic amines is 2. The average Bonchev–Trinajstić information content (AvgIpc) is 3.57. The molecule has 0 radical (unpaired) electrons. The number of nitrogens with one attached hydrogen (secondary N) is 3. The van der Waals surface area contributed by atoms with Crippen LogP contribution >= 0.6 is 0 Å². The summed E-state index contributed by atoms with van der Waals surface area (Å²) in [6.45, 7) is 2.06. The number of carbonyl (C=O) groups is 1. The summed E-state index contributed by atoms with van der Waals surface area (Å²) in [6.07, 6.45) is 11.1. The highest BCUT2D eigenvalue weighted by molar-refractivity contribution is 6.07. The first-order chi connectivity index (χ1) is 15.3. The van der Waals surface area contributed by atoms with Gasteiger partial charge in [-0.2, -0.15) is 0 Å². The van der Waals surface area contributed by atoms with Gasteiger partial charge in [0.2, 0.25) is 0 Å². The Morgan fingerprint density at radius 3 is 2.87 bits per heavy atom. The van der Waals surface area contributed by atoms with Gasteiger partial charge in [-0.25, -0.2) is 9.78 Å². The van der Waals surface area contributed by atoms with E-state index in [1.165, 1.54) is 10.9 Å². The van der Waals surface area contributed by atoms with Crippen molar-refractivity contribution in [2.45, 2.75) is 25.4 Å². The van der Waals surface area contributed by atoms with Crippen LogP contribution in [0.1, 0.15) is 23.7 Å². The predicted octanol–water partition coefficient (Wildman–Crippen LogP) is 3.49. The highest BCUT2D eigenvalue weighted by Crippen LogP contribution is 2.26. The molecule has 0 saturated carbocycles. The van der Waals surface area contributed by atoms with Crippen LogP contribution in [0.3, 0.4) is 0 Å². The number of hydrogen-bond donors (Lipinski definition) is 3. The Morgan fingerprint density at radius 1 is 1.10 bits per heavy atom. The molecule has 1 aliphatic rings. The van der Waals surface area contributed by atoms with E-state index in [-0.39, 0.29) is 12.1 Å². The van der Waals surface area contributed by atoms with Crippen LogP contribution < -0.4 is 5.32 Å². The number of aliphatic imine (C=N–C) groups is 1. The average molecular weight is 416 g/mol. The number of carbonyl (C=O) groups excluding carboxylic acids is 1. The molecule has 31 heavy (non-hydrogen) atoms. The Labute approximate surface area is 180 Å². The summed E-state index contributed by atoms with van der Waals surface area (Å²) < 4.78 is 2.02. The summed E-state index contributed by atoms with van der Waals surface area (Å²) in [7, 11) is 0. The maximum absolute atomic E-state index is 12.7. The van der Waals surface area contributed by atoms with E-state index < -0.39 is 0 Å². The first-order valence-corrected chi connectivity index (χ1v) is 10.6. The molecule has 4 aromatic rings. The van der Waals surface area contributed by atoms with Gasteiger partial charge in [-0.3, -0.25) is 10.3 Å². The summed E-state index contributed by atoms with van der Waals surface area (Å²) in [4.78, 5) is 30.0. The van der Waals surface area contributed by atoms with Crippen LogP contribution in [0.4, 0.5) is 4.79 Å². The van der Waals surface area contributed by atoms with Crippen molar-refractivity contribution in [1.29, 1.82) is 0 Å². The standard InChI is InChI=1S/C23H25N7O/c31-23-28-22(26-10-8-17-15-27-19-6-2-1-5-18(17)19)21(20-7-3-9-25-20)30(23)13-4-12-29-14-11-24-16-29/h1-3,5-7,9,11,14-16,21,25,27H,4,8,10,12-13H2,(H,26,28,31). The lowest BCUT2D eigenvalue weighted by atomic mass is 10.1. The molecule has 1 aromatic carbocycles. The van der Waals surface area contributed by atoms with Gasteiger partial charge in [0.05, 0.1) is 6.33 Å². The van der Waals surface area contributed by atoms with E-state index in [1.807, 2.05) is 52.3 Å². The molecule has 5 rings (SSSR count). The van der Waals surface area contributed by atoms with Gasteiger partial charge in [0.15, 0.2) is 0 Å². The lowest BCUT2D eigenvalue weighted by Crippen LogP contribution is -2.31. The second kappa shape index (κ2) is 8.51. The predicted molar refractivity (Wildman–Crippen MR) is 120 cm³/mol. The molecular formula is C23H25N7O. The second-order valence-electron chi connectivity index (χ2n) is 7.68. The van der Waals surface area contributed by atoms with Gasteiger partial charge >= 0.3 is 6.03 Å². The number of amidine groups is 1. The molecule has 4 heterocycles. The molecule has 158 valence electrons. The zero-order chi connectivity index (χ0) is 21.0. The van der Waals surface area contributed by atoms with Crippen LogP contribution in [-0.2, 0) is 13.0 Å². The Kier molecular flexibility index (Phi) is 5.26. The molecule has 2 amide bonds. The van der Waals surface area contributed by atoms with Gasteiger partial charge in [-0.1, -0.05) is 18.2 Å². The third kappa shape index (κ3) is 3.96. The quantitative estimate of drug-likeness (QED) is 0.411. The number of urea groups is 1. The molecule has 3 N–H and O–H groups in total. The third-order valence-corrected chi connectivity index (χ3v) is 5.70. The van der Waals surface area contributed by atoms with Crippen molar-refractivity contribution in [2.75, 3.05) is 13.1 Å². The Morgan fingerprint density at radius 2 is 2.03 bits per heavy atom. The maximum atomic E-state index is 12.7. The molecule has 1 saturated heterocycles. The second-order valence-corrected chi connectivity index (χ2v) is 7.68. The third-order valence-electron chi connectivity index (χ3n) is 5.70. The minimum Gasteiger partial charge on any atom is -0.363 e. The van der Waals surface area contributed by atoms with Crippen LogP contribution in [0.25, 0.3) is 10.9 Å². The first-order valence-electron chi connectivity index (χ1n) is 10.6. The summed E-state index contributed by atoms with van der Waals surface area (Å²) >= 11 is 0. The fraction of sp³-hybridized carbons (Fsp3) is 0.261. The molecule has 0 spiro atoms. The topological polar surface area (TPSA) is 94.1 Å². The van der Waals surface area contributed by atoms with Crippen molar-refractivity contribution in [2.24, 2.45) is 4.99 Å². The van der Waals surface area contributed by atoms with E-state index >= 15 is 0 Å². The van der Waals surface area contributed by atoms with Crippen molar-refractivity contribution in [3.63, 3.8) is 0 Å². The molecular weight excluding hydrogens is 390 g/mol. The fourth-order valence-corrected chi connectivity index (χ4v) is 4.18. The monoisotopic (exact) mass is 415 g/mol. The molecule has 0 bridgehead atoms. The Bertz CT molecular complexity index is 1170. The maximum Gasteiger partial charge on any atom is 0.323 e. The fourth-order valence-electron chi connectivity index (χ4n) is 4.18. The van der Waals surface area contributed by atoms with Crippen LogP contribution in [0.5, 0.6) is 0 Å². The number of benzene rings is 1. The van der Waals surface area contributed by atoms with E-state index in [0.29, 0.717) is 18.9 Å². The highest BCUT2D eigenvalue weighted by Gasteiger charge is 2.37. The molecule has 1 unspecified atom stereocenters. The van der Waals surface area contributed by atoms with E-state index in [0.717, 1.165) is 30.6 Å². The largest absolute Gasteiger partial charge is 0.363 e. The zero-order valence-corrected chi connectivity index (χ0v) is 17.2. The molecule has 0 aliphatic carbocycles. The number of para-hydroxylation sites is 1. The van der Waals surface area contributed by atoms with Crippen molar-refractivity contribution < 1.29 is 4.79 Å². The van der Waals surface area contributed by atoms with Gasteiger partial charge < -0.3 is 19.4 Å². The summed E-state index contributed by atoms with van der Waals surface area (Å²) in [5.74, 6) is 0.704. The number of aromatic nitrogens is 4. The van der Waals surface area contributed by atoms with Crippen LogP contribution in [-0.4, -0.2) is 49.4 Å². The molecule has 8 nitrogen and oxygen atoms in total. The summed E-state index contributed by atoms with van der Waals surface area (Å²) in [5, 5.41) is 4.22. The van der Waals surface area contributed by atoms with Gasteiger partial charge in [-0.05, 0) is 36.6 Å². The summed E-state index contributed by atoms with van der Waals surface area (Å²) in [5.41, 5.74) is 3.33. The lowest BCUT2D eigenvalue weighted by molar-refractivity contribution is 0.203. The minimum atomic E-state index is -0.215. The van der Waals surface area contributed by atoms with Crippen LogP contribution in [0, 0.1) is 0 Å². The SMILES string of the molecule is O=C1NC(=NCCc2c[nH]c3ccccc23)C(c2ccc[nH]2)N1CCCn1ccnc1. The van der Waals surface area contributed by atoms with Gasteiger partial charge in [0.25, 0.3) is 0 Å². The van der Waals surface area contributed by atoms with E-state index in [9.17, 15) is 4.79 Å². The number of amides is 2. The lowest BCUT2D eigenvalue weighted by Gasteiger charge is -2.22. The van der Waals surface area contributed by atoms with Crippen molar-refractivity contribution in [3.05, 3.63) is 78.8 Å². The van der Waals surface area contributed by atoms with Gasteiger partial charge in [0, 0.05) is 61.0 Å². The Balaban J connectivity index is 1.30.